The molecule has 0 amide bonds. The lowest BCUT2D eigenvalue weighted by Crippen LogP contribution is -2.46. The Labute approximate surface area is 188 Å². The molecule has 8 heteroatoms. The molecule has 8 nitrogen and oxygen atoms in total. The lowest BCUT2D eigenvalue weighted by molar-refractivity contribution is -0.145. The van der Waals surface area contributed by atoms with Crippen molar-refractivity contribution < 1.29 is 33.6 Å². The van der Waals surface area contributed by atoms with Gasteiger partial charge in [-0.2, -0.15) is 0 Å². The number of aliphatic carboxylic acids is 1. The van der Waals surface area contributed by atoms with Crippen molar-refractivity contribution in [2.24, 2.45) is 0 Å². The summed E-state index contributed by atoms with van der Waals surface area (Å²) in [6, 6.07) is 8.22. The zero-order chi connectivity index (χ0) is 23.3. The second kappa shape index (κ2) is 10.5. The summed E-state index contributed by atoms with van der Waals surface area (Å²) in [5.74, 6) is 1.98. The minimum Gasteiger partial charge on any atom is -0.496 e. The summed E-state index contributed by atoms with van der Waals surface area (Å²) in [5, 5.41) is 9.98. The fourth-order valence-corrected chi connectivity index (χ4v) is 4.37. The number of piperidine rings is 1. The monoisotopic (exact) mass is 445 g/mol. The third-order valence-corrected chi connectivity index (χ3v) is 5.91. The van der Waals surface area contributed by atoms with Gasteiger partial charge in [0, 0.05) is 11.6 Å². The van der Waals surface area contributed by atoms with E-state index >= 15 is 0 Å². The molecule has 3 rings (SSSR count). The van der Waals surface area contributed by atoms with E-state index in [0.717, 1.165) is 24.0 Å². The molecule has 2 aromatic rings. The fraction of sp³-hybridized carbons (Fsp3) is 0.458. The number of methoxy groups -OCH3 is 5. The summed E-state index contributed by atoms with van der Waals surface area (Å²) >= 11 is 0. The highest BCUT2D eigenvalue weighted by atomic mass is 16.5. The number of hydrogen-bond acceptors (Lipinski definition) is 7. The van der Waals surface area contributed by atoms with Gasteiger partial charge in [-0.05, 0) is 43.1 Å². The average molecular weight is 446 g/mol. The number of carbonyl (C=O) groups is 1. The molecular weight excluding hydrogens is 414 g/mol. The third kappa shape index (κ3) is 4.55. The molecule has 0 radical (unpaired) electrons. The first-order chi connectivity index (χ1) is 15.5. The topological polar surface area (TPSA) is 86.7 Å². The molecule has 0 saturated carbocycles. The standard InChI is InChI=1S/C24H31NO7/c1-28-18-10-9-15(12-20(18)30-3)23(25-11-7-6-8-17(25)24(26)27)16-13-21(31-4)22(32-5)14-19(16)29-2/h9-10,12-14,17,23H,6-8,11H2,1-5H3,(H,26,27). The molecule has 0 spiro atoms. The Bertz CT molecular complexity index is 946. The van der Waals surface area contributed by atoms with Gasteiger partial charge in [0.25, 0.3) is 0 Å². The van der Waals surface area contributed by atoms with Crippen LogP contribution in [-0.4, -0.2) is 64.1 Å². The van der Waals surface area contributed by atoms with Crippen LogP contribution in [-0.2, 0) is 4.79 Å². The summed E-state index contributed by atoms with van der Waals surface area (Å²) in [4.78, 5) is 14.2. The van der Waals surface area contributed by atoms with E-state index in [2.05, 4.69) is 0 Å². The Morgan fingerprint density at radius 3 is 2.03 bits per heavy atom. The Morgan fingerprint density at radius 1 is 0.844 bits per heavy atom. The highest BCUT2D eigenvalue weighted by Crippen LogP contribution is 2.44. The number of carboxylic acid groups (broad SMARTS) is 1. The van der Waals surface area contributed by atoms with E-state index in [4.69, 9.17) is 23.7 Å². The zero-order valence-corrected chi connectivity index (χ0v) is 19.2. The van der Waals surface area contributed by atoms with Crippen molar-refractivity contribution in [3.05, 3.63) is 41.5 Å². The summed E-state index contributed by atoms with van der Waals surface area (Å²) in [6.07, 6.45) is 2.35. The van der Waals surface area contributed by atoms with E-state index in [0.29, 0.717) is 41.7 Å². The number of benzene rings is 2. The van der Waals surface area contributed by atoms with Crippen LogP contribution < -0.4 is 23.7 Å². The molecule has 1 heterocycles. The van der Waals surface area contributed by atoms with Crippen molar-refractivity contribution >= 4 is 5.97 Å². The predicted molar refractivity (Wildman–Crippen MR) is 119 cm³/mol. The van der Waals surface area contributed by atoms with Gasteiger partial charge >= 0.3 is 5.97 Å². The van der Waals surface area contributed by atoms with Crippen LogP contribution in [0.25, 0.3) is 0 Å². The third-order valence-electron chi connectivity index (χ3n) is 5.91. The van der Waals surface area contributed by atoms with E-state index < -0.39 is 18.1 Å². The lowest BCUT2D eigenvalue weighted by Gasteiger charge is -2.40. The first kappa shape index (κ1) is 23.5. The number of likely N-dealkylation sites (tertiary alicyclic amines) is 1. The molecule has 1 aliphatic rings. The van der Waals surface area contributed by atoms with E-state index in [1.165, 1.54) is 0 Å². The number of carboxylic acids is 1. The van der Waals surface area contributed by atoms with E-state index in [1.54, 1.807) is 41.6 Å². The van der Waals surface area contributed by atoms with Gasteiger partial charge in [-0.15, -0.1) is 0 Å². The van der Waals surface area contributed by atoms with Crippen LogP contribution >= 0.6 is 0 Å². The molecule has 1 fully saturated rings. The van der Waals surface area contributed by atoms with E-state index in [1.807, 2.05) is 29.2 Å². The van der Waals surface area contributed by atoms with Gasteiger partial charge in [0.05, 0.1) is 41.6 Å². The van der Waals surface area contributed by atoms with Crippen LogP contribution in [0, 0.1) is 0 Å². The minimum absolute atomic E-state index is 0.411. The van der Waals surface area contributed by atoms with Crippen molar-refractivity contribution in [1.82, 2.24) is 4.90 Å². The van der Waals surface area contributed by atoms with Gasteiger partial charge in [-0.1, -0.05) is 12.5 Å². The zero-order valence-electron chi connectivity index (χ0n) is 19.2. The summed E-state index contributed by atoms with van der Waals surface area (Å²) in [5.41, 5.74) is 1.65. The maximum atomic E-state index is 12.2. The van der Waals surface area contributed by atoms with Crippen LogP contribution in [0.2, 0.25) is 0 Å². The van der Waals surface area contributed by atoms with Crippen molar-refractivity contribution in [2.45, 2.75) is 31.3 Å². The molecule has 2 unspecified atom stereocenters. The SMILES string of the molecule is COc1ccc(C(c2cc(OC)c(OC)cc2OC)N2CCCCC2C(=O)O)cc1OC. The Morgan fingerprint density at radius 2 is 1.44 bits per heavy atom. The molecule has 2 atom stereocenters. The second-order valence-corrected chi connectivity index (χ2v) is 7.55. The first-order valence-corrected chi connectivity index (χ1v) is 10.5. The summed E-state index contributed by atoms with van der Waals surface area (Å²) in [7, 11) is 7.88. The van der Waals surface area contributed by atoms with E-state index in [-0.39, 0.29) is 0 Å². The van der Waals surface area contributed by atoms with Crippen LogP contribution in [0.4, 0.5) is 0 Å². The van der Waals surface area contributed by atoms with Crippen LogP contribution in [0.3, 0.4) is 0 Å². The molecular formula is C24H31NO7. The second-order valence-electron chi connectivity index (χ2n) is 7.55. The highest BCUT2D eigenvalue weighted by Gasteiger charge is 2.37. The Hall–Kier alpha value is -3.13. The van der Waals surface area contributed by atoms with Gasteiger partial charge in [0.15, 0.2) is 23.0 Å². The molecule has 1 N–H and O–H groups in total. The Balaban J connectivity index is 2.25. The van der Waals surface area contributed by atoms with Crippen molar-refractivity contribution in [3.63, 3.8) is 0 Å². The largest absolute Gasteiger partial charge is 0.496 e. The maximum absolute atomic E-state index is 12.2. The number of nitrogens with zero attached hydrogens (tertiary/aromatic N) is 1. The van der Waals surface area contributed by atoms with E-state index in [9.17, 15) is 9.90 Å². The van der Waals surface area contributed by atoms with Gasteiger partial charge in [-0.25, -0.2) is 0 Å². The first-order valence-electron chi connectivity index (χ1n) is 10.5. The van der Waals surface area contributed by atoms with Crippen molar-refractivity contribution in [3.8, 4) is 28.7 Å². The normalized spacial score (nSPS) is 17.3. The van der Waals surface area contributed by atoms with Gasteiger partial charge in [0.2, 0.25) is 0 Å². The van der Waals surface area contributed by atoms with Crippen LogP contribution in [0.15, 0.2) is 30.3 Å². The molecule has 0 bridgehead atoms. The van der Waals surface area contributed by atoms with Crippen molar-refractivity contribution in [1.29, 1.82) is 0 Å². The molecule has 174 valence electrons. The van der Waals surface area contributed by atoms with Gasteiger partial charge in [0.1, 0.15) is 11.8 Å². The molecule has 2 aromatic carbocycles. The predicted octanol–water partition coefficient (Wildman–Crippen LogP) is 3.76. The number of hydrogen-bond donors (Lipinski definition) is 1. The minimum atomic E-state index is -0.838. The maximum Gasteiger partial charge on any atom is 0.320 e. The molecule has 32 heavy (non-hydrogen) atoms. The lowest BCUT2D eigenvalue weighted by atomic mass is 9.90. The van der Waals surface area contributed by atoms with Gasteiger partial charge in [-0.3, -0.25) is 9.69 Å². The fourth-order valence-electron chi connectivity index (χ4n) is 4.37. The summed E-state index contributed by atoms with van der Waals surface area (Å²) < 4.78 is 27.6. The van der Waals surface area contributed by atoms with Crippen LogP contribution in [0.5, 0.6) is 28.7 Å². The van der Waals surface area contributed by atoms with Crippen molar-refractivity contribution in [2.75, 3.05) is 42.1 Å². The molecule has 0 aliphatic carbocycles. The number of ether oxygens (including phenoxy) is 5. The van der Waals surface area contributed by atoms with Gasteiger partial charge < -0.3 is 28.8 Å². The smallest absolute Gasteiger partial charge is 0.320 e. The highest BCUT2D eigenvalue weighted by molar-refractivity contribution is 5.74. The summed E-state index contributed by atoms with van der Waals surface area (Å²) in [6.45, 7) is 0.632. The molecule has 1 saturated heterocycles. The average Bonchev–Trinajstić information content (AvgIpc) is 2.83. The number of rotatable bonds is 9. The molecule has 1 aliphatic heterocycles. The van der Waals surface area contributed by atoms with Crippen LogP contribution in [0.1, 0.15) is 36.4 Å². The molecule has 0 aromatic heterocycles. The quantitative estimate of drug-likeness (QED) is 0.624. The Kier molecular flexibility index (Phi) is 7.69.